The van der Waals surface area contributed by atoms with E-state index in [1.54, 1.807) is 11.3 Å². The summed E-state index contributed by atoms with van der Waals surface area (Å²) in [4.78, 5) is 12.6. The second kappa shape index (κ2) is 4.42. The van der Waals surface area contributed by atoms with E-state index in [1.165, 1.54) is 17.7 Å². The van der Waals surface area contributed by atoms with Crippen molar-refractivity contribution >= 4 is 17.3 Å². The van der Waals surface area contributed by atoms with Gasteiger partial charge in [0.15, 0.2) is 0 Å². The van der Waals surface area contributed by atoms with Crippen LogP contribution < -0.4 is 5.32 Å². The summed E-state index contributed by atoms with van der Waals surface area (Å²) < 4.78 is 0. The highest BCUT2D eigenvalue weighted by atomic mass is 32.1. The van der Waals surface area contributed by atoms with Crippen LogP contribution in [0.2, 0.25) is 0 Å². The van der Waals surface area contributed by atoms with E-state index in [4.69, 9.17) is 0 Å². The molecule has 0 amide bonds. The maximum Gasteiger partial charge on any atom is 0.321 e. The summed E-state index contributed by atoms with van der Waals surface area (Å²) in [6.45, 7) is 0. The standard InChI is InChI=1S/C13H17NO2S/c15-13(16)12(9-5-6-9)14-11(8-3-4-8)10-2-1-7-17-10/h1-2,7-9,11-12,14H,3-6H2,(H,15,16). The van der Waals surface area contributed by atoms with Crippen molar-refractivity contribution in [1.82, 2.24) is 5.32 Å². The van der Waals surface area contributed by atoms with Crippen molar-refractivity contribution in [2.45, 2.75) is 37.8 Å². The Morgan fingerprint density at radius 3 is 2.53 bits per heavy atom. The molecular formula is C13H17NO2S. The number of nitrogens with one attached hydrogen (secondary N) is 1. The summed E-state index contributed by atoms with van der Waals surface area (Å²) in [7, 11) is 0. The van der Waals surface area contributed by atoms with Crippen molar-refractivity contribution in [1.29, 1.82) is 0 Å². The van der Waals surface area contributed by atoms with Crippen molar-refractivity contribution in [2.75, 3.05) is 0 Å². The Bertz CT molecular complexity index is 396. The molecule has 0 spiro atoms. The highest BCUT2D eigenvalue weighted by Crippen LogP contribution is 2.44. The molecule has 2 atom stereocenters. The SMILES string of the molecule is O=C(O)C(NC(c1cccs1)C1CC1)C1CC1. The molecule has 1 aromatic rings. The fraction of sp³-hybridized carbons (Fsp3) is 0.615. The van der Waals surface area contributed by atoms with Gasteiger partial charge in [0.05, 0.1) is 0 Å². The van der Waals surface area contributed by atoms with Crippen LogP contribution in [0.1, 0.15) is 36.6 Å². The van der Waals surface area contributed by atoms with Crippen LogP contribution in [-0.2, 0) is 4.79 Å². The van der Waals surface area contributed by atoms with Crippen LogP contribution in [0.15, 0.2) is 17.5 Å². The average molecular weight is 251 g/mol. The molecule has 3 nitrogen and oxygen atoms in total. The topological polar surface area (TPSA) is 49.3 Å². The lowest BCUT2D eigenvalue weighted by Crippen LogP contribution is -2.41. The summed E-state index contributed by atoms with van der Waals surface area (Å²) in [6.07, 6.45) is 4.58. The molecule has 17 heavy (non-hydrogen) atoms. The fourth-order valence-electron chi connectivity index (χ4n) is 2.38. The van der Waals surface area contributed by atoms with Gasteiger partial charge in [0, 0.05) is 10.9 Å². The Balaban J connectivity index is 1.73. The highest BCUT2D eigenvalue weighted by Gasteiger charge is 2.41. The van der Waals surface area contributed by atoms with Gasteiger partial charge in [-0.3, -0.25) is 10.1 Å². The number of carboxylic acids is 1. The van der Waals surface area contributed by atoms with Crippen LogP contribution in [0, 0.1) is 11.8 Å². The van der Waals surface area contributed by atoms with E-state index in [0.29, 0.717) is 11.8 Å². The van der Waals surface area contributed by atoms with Crippen LogP contribution in [0.5, 0.6) is 0 Å². The Labute approximate surface area is 105 Å². The molecule has 2 unspecified atom stereocenters. The molecule has 1 aromatic heterocycles. The van der Waals surface area contributed by atoms with Crippen LogP contribution in [0.4, 0.5) is 0 Å². The first-order chi connectivity index (χ1) is 8.25. The summed E-state index contributed by atoms with van der Waals surface area (Å²) in [5, 5.41) is 14.7. The zero-order valence-corrected chi connectivity index (χ0v) is 10.5. The minimum atomic E-state index is -0.685. The normalized spacial score (nSPS) is 23.3. The molecule has 92 valence electrons. The van der Waals surface area contributed by atoms with Crippen LogP contribution >= 0.6 is 11.3 Å². The predicted molar refractivity (Wildman–Crippen MR) is 67.1 cm³/mol. The maximum absolute atomic E-state index is 11.3. The quantitative estimate of drug-likeness (QED) is 0.817. The predicted octanol–water partition coefficient (Wildman–Crippen LogP) is 2.65. The van der Waals surface area contributed by atoms with Gasteiger partial charge in [-0.15, -0.1) is 11.3 Å². The van der Waals surface area contributed by atoms with E-state index in [2.05, 4.69) is 16.8 Å². The van der Waals surface area contributed by atoms with Gasteiger partial charge in [-0.1, -0.05) is 6.07 Å². The number of carboxylic acid groups (broad SMARTS) is 1. The van der Waals surface area contributed by atoms with Gasteiger partial charge < -0.3 is 5.11 Å². The summed E-state index contributed by atoms with van der Waals surface area (Å²) in [5.41, 5.74) is 0. The number of hydrogen-bond donors (Lipinski definition) is 2. The fourth-order valence-corrected chi connectivity index (χ4v) is 3.26. The molecule has 2 aliphatic rings. The van der Waals surface area contributed by atoms with E-state index < -0.39 is 5.97 Å². The molecule has 0 aromatic carbocycles. The van der Waals surface area contributed by atoms with E-state index >= 15 is 0 Å². The minimum absolute atomic E-state index is 0.261. The van der Waals surface area contributed by atoms with Gasteiger partial charge in [0.1, 0.15) is 6.04 Å². The van der Waals surface area contributed by atoms with Gasteiger partial charge in [0.2, 0.25) is 0 Å². The average Bonchev–Trinajstić information content (AvgIpc) is 3.20. The van der Waals surface area contributed by atoms with Gasteiger partial charge in [0.25, 0.3) is 0 Å². The number of rotatable bonds is 6. The molecule has 2 N–H and O–H groups in total. The second-order valence-electron chi connectivity index (χ2n) is 5.15. The third kappa shape index (κ3) is 2.53. The van der Waals surface area contributed by atoms with Crippen molar-refractivity contribution in [3.8, 4) is 0 Å². The van der Waals surface area contributed by atoms with E-state index in [9.17, 15) is 9.90 Å². The van der Waals surface area contributed by atoms with Gasteiger partial charge >= 0.3 is 5.97 Å². The monoisotopic (exact) mass is 251 g/mol. The molecule has 0 radical (unpaired) electrons. The number of hydrogen-bond acceptors (Lipinski definition) is 3. The minimum Gasteiger partial charge on any atom is -0.480 e. The Morgan fingerprint density at radius 1 is 1.35 bits per heavy atom. The first-order valence-electron chi connectivity index (χ1n) is 6.28. The van der Waals surface area contributed by atoms with E-state index in [1.807, 2.05) is 6.07 Å². The van der Waals surface area contributed by atoms with E-state index in [0.717, 1.165) is 12.8 Å². The zero-order valence-electron chi connectivity index (χ0n) is 9.63. The largest absolute Gasteiger partial charge is 0.480 e. The lowest BCUT2D eigenvalue weighted by molar-refractivity contribution is -0.140. The van der Waals surface area contributed by atoms with E-state index in [-0.39, 0.29) is 12.1 Å². The third-order valence-corrected chi connectivity index (χ3v) is 4.62. The highest BCUT2D eigenvalue weighted by molar-refractivity contribution is 7.10. The van der Waals surface area contributed by atoms with Crippen LogP contribution in [0.25, 0.3) is 0 Å². The van der Waals surface area contributed by atoms with Crippen LogP contribution in [-0.4, -0.2) is 17.1 Å². The van der Waals surface area contributed by atoms with Gasteiger partial charge in [-0.25, -0.2) is 0 Å². The van der Waals surface area contributed by atoms with Crippen molar-refractivity contribution in [3.05, 3.63) is 22.4 Å². The lowest BCUT2D eigenvalue weighted by atomic mass is 10.1. The van der Waals surface area contributed by atoms with Gasteiger partial charge in [-0.2, -0.15) is 0 Å². The van der Waals surface area contributed by atoms with Crippen molar-refractivity contribution in [3.63, 3.8) is 0 Å². The van der Waals surface area contributed by atoms with Crippen molar-refractivity contribution in [2.24, 2.45) is 11.8 Å². The molecule has 0 aliphatic heterocycles. The Hall–Kier alpha value is -0.870. The summed E-state index contributed by atoms with van der Waals surface area (Å²) >= 11 is 1.73. The molecule has 0 bridgehead atoms. The first-order valence-corrected chi connectivity index (χ1v) is 7.16. The summed E-state index contributed by atoms with van der Waals surface area (Å²) in [5.74, 6) is 0.317. The number of aliphatic carboxylic acids is 1. The lowest BCUT2D eigenvalue weighted by Gasteiger charge is -2.22. The number of thiophene rings is 1. The van der Waals surface area contributed by atoms with Crippen LogP contribution in [0.3, 0.4) is 0 Å². The maximum atomic E-state index is 11.3. The second-order valence-corrected chi connectivity index (χ2v) is 6.13. The molecular weight excluding hydrogens is 234 g/mol. The molecule has 2 fully saturated rings. The van der Waals surface area contributed by atoms with Gasteiger partial charge in [-0.05, 0) is 49.0 Å². The third-order valence-electron chi connectivity index (χ3n) is 3.66. The Morgan fingerprint density at radius 2 is 2.06 bits per heavy atom. The summed E-state index contributed by atoms with van der Waals surface area (Å²) in [6, 6.07) is 4.08. The number of carbonyl (C=O) groups is 1. The molecule has 2 aliphatic carbocycles. The molecule has 1 heterocycles. The molecule has 0 saturated heterocycles. The smallest absolute Gasteiger partial charge is 0.321 e. The Kier molecular flexibility index (Phi) is 2.92. The molecule has 2 saturated carbocycles. The van der Waals surface area contributed by atoms with Crippen molar-refractivity contribution < 1.29 is 9.90 Å². The first kappa shape index (κ1) is 11.2. The molecule has 3 rings (SSSR count). The zero-order chi connectivity index (χ0) is 11.8. The molecule has 4 heteroatoms.